The summed E-state index contributed by atoms with van der Waals surface area (Å²) in [6, 6.07) is 11.0. The van der Waals surface area contributed by atoms with Crippen LogP contribution in [0.5, 0.6) is 0 Å². The van der Waals surface area contributed by atoms with Crippen LogP contribution in [0.2, 0.25) is 0 Å². The number of pyridine rings is 1. The van der Waals surface area contributed by atoms with Crippen LogP contribution in [0.4, 0.5) is 11.5 Å². The molecule has 0 aliphatic carbocycles. The third-order valence-corrected chi connectivity index (χ3v) is 2.78. The first-order chi connectivity index (χ1) is 9.74. The largest absolute Gasteiger partial charge is 0.380 e. The number of carbonyl (C=O) groups excluding carboxylic acids is 1. The van der Waals surface area contributed by atoms with E-state index >= 15 is 0 Å². The third kappa shape index (κ3) is 3.33. The first-order valence-electron chi connectivity index (χ1n) is 6.26. The Kier molecular flexibility index (Phi) is 4.68. The minimum absolute atomic E-state index is 0.197. The third-order valence-electron chi connectivity index (χ3n) is 2.78. The van der Waals surface area contributed by atoms with E-state index in [1.807, 2.05) is 24.3 Å². The summed E-state index contributed by atoms with van der Waals surface area (Å²) < 4.78 is 5.08. The molecule has 5 heteroatoms. The lowest BCUT2D eigenvalue weighted by molar-refractivity contribution is 0.102. The van der Waals surface area contributed by atoms with Gasteiger partial charge in [0.1, 0.15) is 5.82 Å². The molecule has 1 aromatic heterocycles. The molecule has 2 N–H and O–H groups in total. The second-order valence-corrected chi connectivity index (χ2v) is 4.24. The van der Waals surface area contributed by atoms with Crippen molar-refractivity contribution in [2.24, 2.45) is 0 Å². The summed E-state index contributed by atoms with van der Waals surface area (Å²) in [5.41, 5.74) is 2.24. The summed E-state index contributed by atoms with van der Waals surface area (Å²) in [4.78, 5) is 16.4. The van der Waals surface area contributed by atoms with Gasteiger partial charge in [0.05, 0.1) is 12.2 Å². The van der Waals surface area contributed by atoms with E-state index in [2.05, 4.69) is 15.6 Å². The van der Waals surface area contributed by atoms with Gasteiger partial charge in [0.15, 0.2) is 0 Å². The van der Waals surface area contributed by atoms with Crippen molar-refractivity contribution in [3.8, 4) is 0 Å². The quantitative estimate of drug-likeness (QED) is 0.877. The minimum Gasteiger partial charge on any atom is -0.380 e. The van der Waals surface area contributed by atoms with E-state index in [1.165, 1.54) is 0 Å². The maximum atomic E-state index is 12.2. The number of nitrogens with one attached hydrogen (secondary N) is 2. The van der Waals surface area contributed by atoms with Crippen LogP contribution in [0.15, 0.2) is 42.6 Å². The first kappa shape index (κ1) is 14.0. The van der Waals surface area contributed by atoms with Gasteiger partial charge >= 0.3 is 0 Å². The Morgan fingerprint density at radius 1 is 1.30 bits per heavy atom. The van der Waals surface area contributed by atoms with Crippen LogP contribution < -0.4 is 10.6 Å². The number of benzene rings is 1. The summed E-state index contributed by atoms with van der Waals surface area (Å²) in [5.74, 6) is 0.357. The topological polar surface area (TPSA) is 63.2 Å². The highest BCUT2D eigenvalue weighted by molar-refractivity contribution is 6.07. The number of carbonyl (C=O) groups is 1. The van der Waals surface area contributed by atoms with Crippen LogP contribution in [0.1, 0.15) is 15.9 Å². The number of nitrogens with zero attached hydrogens (tertiary/aromatic N) is 1. The highest BCUT2D eigenvalue weighted by Gasteiger charge is 2.11. The summed E-state index contributed by atoms with van der Waals surface area (Å²) in [6.07, 6.45) is 1.64. The highest BCUT2D eigenvalue weighted by atomic mass is 16.5. The van der Waals surface area contributed by atoms with Gasteiger partial charge in [-0.15, -0.1) is 0 Å². The molecule has 0 aliphatic rings. The van der Waals surface area contributed by atoms with E-state index in [-0.39, 0.29) is 5.91 Å². The maximum absolute atomic E-state index is 12.2. The van der Waals surface area contributed by atoms with Crippen LogP contribution in [-0.4, -0.2) is 25.0 Å². The van der Waals surface area contributed by atoms with E-state index in [1.54, 1.807) is 32.5 Å². The monoisotopic (exact) mass is 271 g/mol. The summed E-state index contributed by atoms with van der Waals surface area (Å²) in [7, 11) is 3.37. The second-order valence-electron chi connectivity index (χ2n) is 4.24. The number of anilines is 2. The van der Waals surface area contributed by atoms with Crippen molar-refractivity contribution < 1.29 is 9.53 Å². The fraction of sp³-hybridized carbons (Fsp3) is 0.200. The molecular weight excluding hydrogens is 254 g/mol. The van der Waals surface area contributed by atoms with E-state index < -0.39 is 0 Å². The number of ether oxygens (including phenoxy) is 1. The summed E-state index contributed by atoms with van der Waals surface area (Å²) in [5, 5.41) is 5.76. The van der Waals surface area contributed by atoms with Gasteiger partial charge in [-0.25, -0.2) is 4.98 Å². The van der Waals surface area contributed by atoms with Crippen molar-refractivity contribution in [1.82, 2.24) is 4.98 Å². The molecule has 0 aliphatic heterocycles. The van der Waals surface area contributed by atoms with Gasteiger partial charge in [0.25, 0.3) is 5.91 Å². The van der Waals surface area contributed by atoms with Gasteiger partial charge in [-0.1, -0.05) is 12.1 Å². The van der Waals surface area contributed by atoms with Gasteiger partial charge in [0, 0.05) is 26.0 Å². The van der Waals surface area contributed by atoms with Crippen molar-refractivity contribution in [1.29, 1.82) is 0 Å². The van der Waals surface area contributed by atoms with Crippen LogP contribution in [0, 0.1) is 0 Å². The molecule has 0 spiro atoms. The van der Waals surface area contributed by atoms with Crippen LogP contribution in [0.25, 0.3) is 0 Å². The lowest BCUT2D eigenvalue weighted by atomic mass is 10.2. The first-order valence-corrected chi connectivity index (χ1v) is 6.26. The van der Waals surface area contributed by atoms with Crippen LogP contribution in [0.3, 0.4) is 0 Å². The lowest BCUT2D eigenvalue weighted by Gasteiger charge is -2.09. The maximum Gasteiger partial charge on any atom is 0.259 e. The number of methoxy groups -OCH3 is 1. The number of aromatic nitrogens is 1. The lowest BCUT2D eigenvalue weighted by Crippen LogP contribution is -2.14. The molecular formula is C15H17N3O2. The molecule has 1 aromatic carbocycles. The van der Waals surface area contributed by atoms with Gasteiger partial charge in [-0.2, -0.15) is 0 Å². The average molecular weight is 271 g/mol. The van der Waals surface area contributed by atoms with Gasteiger partial charge in [-0.3, -0.25) is 4.79 Å². The van der Waals surface area contributed by atoms with E-state index in [9.17, 15) is 4.79 Å². The normalized spacial score (nSPS) is 10.1. The number of hydrogen-bond donors (Lipinski definition) is 2. The predicted octanol–water partition coefficient (Wildman–Crippen LogP) is 2.52. The number of amides is 1. The van der Waals surface area contributed by atoms with E-state index in [0.717, 1.165) is 11.3 Å². The Morgan fingerprint density at radius 2 is 2.15 bits per heavy atom. The number of rotatable bonds is 5. The van der Waals surface area contributed by atoms with Gasteiger partial charge < -0.3 is 15.4 Å². The molecule has 0 radical (unpaired) electrons. The van der Waals surface area contributed by atoms with Crippen molar-refractivity contribution in [2.45, 2.75) is 6.61 Å². The molecule has 0 saturated heterocycles. The van der Waals surface area contributed by atoms with Gasteiger partial charge in [0.2, 0.25) is 0 Å². The highest BCUT2D eigenvalue weighted by Crippen LogP contribution is 2.16. The van der Waals surface area contributed by atoms with Gasteiger partial charge in [-0.05, 0) is 29.8 Å². The fourth-order valence-corrected chi connectivity index (χ4v) is 1.89. The molecule has 0 fully saturated rings. The second kappa shape index (κ2) is 6.68. The predicted molar refractivity (Wildman–Crippen MR) is 78.9 cm³/mol. The molecule has 104 valence electrons. The van der Waals surface area contributed by atoms with Crippen molar-refractivity contribution in [3.63, 3.8) is 0 Å². The minimum atomic E-state index is -0.197. The zero-order valence-corrected chi connectivity index (χ0v) is 11.5. The molecule has 0 bridgehead atoms. The summed E-state index contributed by atoms with van der Waals surface area (Å²) in [6.45, 7) is 0.512. The average Bonchev–Trinajstić information content (AvgIpc) is 2.48. The Hall–Kier alpha value is -2.40. The Morgan fingerprint density at radius 3 is 2.90 bits per heavy atom. The Balaban J connectivity index is 2.17. The molecule has 5 nitrogen and oxygen atoms in total. The smallest absolute Gasteiger partial charge is 0.259 e. The summed E-state index contributed by atoms with van der Waals surface area (Å²) >= 11 is 0. The van der Waals surface area contributed by atoms with E-state index in [4.69, 9.17) is 4.74 Å². The molecule has 0 atom stereocenters. The van der Waals surface area contributed by atoms with Crippen LogP contribution in [-0.2, 0) is 11.3 Å². The SMILES string of the molecule is CNc1ncccc1C(=O)Nc1cccc(COC)c1. The molecule has 2 aromatic rings. The number of hydrogen-bond acceptors (Lipinski definition) is 4. The zero-order chi connectivity index (χ0) is 14.4. The molecule has 0 unspecified atom stereocenters. The molecule has 0 saturated carbocycles. The van der Waals surface area contributed by atoms with Crippen molar-refractivity contribution in [3.05, 3.63) is 53.7 Å². The molecule has 2 rings (SSSR count). The Labute approximate surface area is 118 Å². The standard InChI is InChI=1S/C15H17N3O2/c1-16-14-13(7-4-8-17-14)15(19)18-12-6-3-5-11(9-12)10-20-2/h3-9H,10H2,1-2H3,(H,16,17)(H,18,19). The molecule has 20 heavy (non-hydrogen) atoms. The fourth-order valence-electron chi connectivity index (χ4n) is 1.89. The van der Waals surface area contributed by atoms with E-state index in [0.29, 0.717) is 18.0 Å². The van der Waals surface area contributed by atoms with Crippen LogP contribution >= 0.6 is 0 Å². The zero-order valence-electron chi connectivity index (χ0n) is 11.5. The van der Waals surface area contributed by atoms with Crippen molar-refractivity contribution in [2.75, 3.05) is 24.8 Å². The van der Waals surface area contributed by atoms with Crippen molar-refractivity contribution >= 4 is 17.4 Å². The molecule has 1 heterocycles. The Bertz CT molecular complexity index is 599. The molecule has 1 amide bonds.